The van der Waals surface area contributed by atoms with Crippen LogP contribution >= 0.6 is 11.8 Å². The summed E-state index contributed by atoms with van der Waals surface area (Å²) in [5, 5.41) is 5.15. The van der Waals surface area contributed by atoms with E-state index in [4.69, 9.17) is 0 Å². The lowest BCUT2D eigenvalue weighted by Crippen LogP contribution is -2.33. The van der Waals surface area contributed by atoms with Crippen LogP contribution in [0.25, 0.3) is 0 Å². The number of aliphatic imine (C=N–C) groups is 1. The van der Waals surface area contributed by atoms with Crippen LogP contribution in [-0.4, -0.2) is 42.8 Å². The molecule has 2 heterocycles. The van der Waals surface area contributed by atoms with Crippen molar-refractivity contribution in [2.75, 3.05) is 32.7 Å². The first kappa shape index (κ1) is 14.9. The largest absolute Gasteiger partial charge is 0.365 e. The Morgan fingerprint density at radius 2 is 2.05 bits per heavy atom. The number of amidine groups is 1. The molecule has 21 heavy (non-hydrogen) atoms. The maximum Gasteiger partial charge on any atom is 0.157 e. The Bertz CT molecular complexity index is 468. The molecule has 0 radical (unpaired) electrons. The summed E-state index contributed by atoms with van der Waals surface area (Å²) < 4.78 is 0. The summed E-state index contributed by atoms with van der Waals surface area (Å²) in [6, 6.07) is 10.7. The van der Waals surface area contributed by atoms with Crippen LogP contribution in [-0.2, 0) is 0 Å². The van der Waals surface area contributed by atoms with E-state index in [-0.39, 0.29) is 0 Å². The van der Waals surface area contributed by atoms with E-state index in [2.05, 4.69) is 52.5 Å². The normalized spacial score (nSPS) is 24.0. The summed E-state index contributed by atoms with van der Waals surface area (Å²) in [6.45, 7) is 8.06. The molecule has 2 aliphatic heterocycles. The first-order valence-corrected chi connectivity index (χ1v) is 8.91. The van der Waals surface area contributed by atoms with Crippen molar-refractivity contribution in [3.05, 3.63) is 35.9 Å². The quantitative estimate of drug-likeness (QED) is 0.905. The van der Waals surface area contributed by atoms with Gasteiger partial charge in [0.1, 0.15) is 0 Å². The predicted octanol–water partition coefficient (Wildman–Crippen LogP) is 3.15. The van der Waals surface area contributed by atoms with Crippen molar-refractivity contribution in [3.63, 3.8) is 0 Å². The second kappa shape index (κ2) is 7.32. The van der Waals surface area contributed by atoms with E-state index in [0.717, 1.165) is 18.3 Å². The number of thioether (sulfide) groups is 1. The minimum Gasteiger partial charge on any atom is -0.365 e. The van der Waals surface area contributed by atoms with Crippen molar-refractivity contribution in [1.82, 2.24) is 10.2 Å². The van der Waals surface area contributed by atoms with Crippen molar-refractivity contribution in [2.24, 2.45) is 10.9 Å². The van der Waals surface area contributed by atoms with E-state index < -0.39 is 0 Å². The molecule has 1 N–H and O–H groups in total. The summed E-state index contributed by atoms with van der Waals surface area (Å²) in [5.74, 6) is 0.683. The molecule has 3 rings (SSSR count). The van der Waals surface area contributed by atoms with E-state index in [1.54, 1.807) is 0 Å². The van der Waals surface area contributed by atoms with E-state index in [9.17, 15) is 0 Å². The van der Waals surface area contributed by atoms with Crippen molar-refractivity contribution >= 4 is 16.9 Å². The van der Waals surface area contributed by atoms with E-state index >= 15 is 0 Å². The minimum atomic E-state index is 0.489. The molecule has 0 aliphatic carbocycles. The highest BCUT2D eigenvalue weighted by Gasteiger charge is 2.21. The van der Waals surface area contributed by atoms with Gasteiger partial charge in [0, 0.05) is 13.1 Å². The van der Waals surface area contributed by atoms with Gasteiger partial charge in [-0.15, -0.1) is 0 Å². The lowest BCUT2D eigenvalue weighted by molar-refractivity contribution is 0.288. The van der Waals surface area contributed by atoms with Gasteiger partial charge in [-0.3, -0.25) is 4.99 Å². The summed E-state index contributed by atoms with van der Waals surface area (Å²) >= 11 is 1.87. The zero-order valence-corrected chi connectivity index (χ0v) is 13.6. The Hall–Kier alpha value is -1.00. The predicted molar refractivity (Wildman–Crippen MR) is 91.9 cm³/mol. The SMILES string of the molecule is CC(CNC1=NCC(c2ccccc2)S1)CN1CCCC1. The number of nitrogens with zero attached hydrogens (tertiary/aromatic N) is 2. The van der Waals surface area contributed by atoms with Gasteiger partial charge in [-0.25, -0.2) is 0 Å². The highest BCUT2D eigenvalue weighted by atomic mass is 32.2. The van der Waals surface area contributed by atoms with Gasteiger partial charge in [-0.05, 0) is 37.4 Å². The molecule has 3 nitrogen and oxygen atoms in total. The molecular formula is C17H25N3S. The minimum absolute atomic E-state index is 0.489. The van der Waals surface area contributed by atoms with Gasteiger partial charge in [0.05, 0.1) is 11.8 Å². The topological polar surface area (TPSA) is 27.6 Å². The highest BCUT2D eigenvalue weighted by Crippen LogP contribution is 2.34. The second-order valence-corrected chi connectivity index (χ2v) is 7.35. The average Bonchev–Trinajstić information content (AvgIpc) is 3.17. The third kappa shape index (κ3) is 4.24. The van der Waals surface area contributed by atoms with Crippen LogP contribution in [0.1, 0.15) is 30.6 Å². The van der Waals surface area contributed by atoms with Gasteiger partial charge < -0.3 is 10.2 Å². The lowest BCUT2D eigenvalue weighted by atomic mass is 10.1. The van der Waals surface area contributed by atoms with Crippen molar-refractivity contribution in [2.45, 2.75) is 25.0 Å². The molecule has 0 bridgehead atoms. The van der Waals surface area contributed by atoms with E-state index in [1.165, 1.54) is 38.0 Å². The lowest BCUT2D eigenvalue weighted by Gasteiger charge is -2.20. The Kier molecular flexibility index (Phi) is 5.20. The molecule has 2 aliphatic rings. The standard InChI is InChI=1S/C17H25N3S/c1-14(13-20-9-5-6-10-20)11-18-17-19-12-16(21-17)15-7-3-2-4-8-15/h2-4,7-8,14,16H,5-6,9-13H2,1H3,(H,18,19). The van der Waals surface area contributed by atoms with Crippen LogP contribution in [0.3, 0.4) is 0 Å². The fourth-order valence-electron chi connectivity index (χ4n) is 3.05. The van der Waals surface area contributed by atoms with Crippen molar-refractivity contribution in [1.29, 1.82) is 0 Å². The first-order chi connectivity index (χ1) is 10.3. The number of hydrogen-bond acceptors (Lipinski definition) is 4. The van der Waals surface area contributed by atoms with Gasteiger partial charge in [0.25, 0.3) is 0 Å². The number of rotatable bonds is 5. The molecule has 2 unspecified atom stereocenters. The number of hydrogen-bond donors (Lipinski definition) is 1. The first-order valence-electron chi connectivity index (χ1n) is 8.03. The van der Waals surface area contributed by atoms with Gasteiger partial charge >= 0.3 is 0 Å². The van der Waals surface area contributed by atoms with Crippen LogP contribution < -0.4 is 5.32 Å². The smallest absolute Gasteiger partial charge is 0.157 e. The molecule has 4 heteroatoms. The third-order valence-corrected chi connectivity index (χ3v) is 5.40. The Morgan fingerprint density at radius 1 is 1.29 bits per heavy atom. The fourth-order valence-corrected chi connectivity index (χ4v) is 4.07. The molecule has 114 valence electrons. The summed E-state index contributed by atoms with van der Waals surface area (Å²) in [5.41, 5.74) is 1.38. The van der Waals surface area contributed by atoms with Crippen LogP contribution in [0.5, 0.6) is 0 Å². The highest BCUT2D eigenvalue weighted by molar-refractivity contribution is 8.14. The Labute approximate surface area is 132 Å². The molecule has 0 spiro atoms. The van der Waals surface area contributed by atoms with Gasteiger partial charge in [-0.2, -0.15) is 0 Å². The number of likely N-dealkylation sites (tertiary alicyclic amines) is 1. The number of nitrogens with one attached hydrogen (secondary N) is 1. The zero-order chi connectivity index (χ0) is 14.5. The van der Waals surface area contributed by atoms with Crippen LogP contribution in [0.15, 0.2) is 35.3 Å². The van der Waals surface area contributed by atoms with E-state index in [0.29, 0.717) is 11.2 Å². The van der Waals surface area contributed by atoms with Crippen LogP contribution in [0.2, 0.25) is 0 Å². The number of benzene rings is 1. The molecule has 0 saturated carbocycles. The average molecular weight is 303 g/mol. The summed E-state index contributed by atoms with van der Waals surface area (Å²) in [4.78, 5) is 7.24. The van der Waals surface area contributed by atoms with Gasteiger partial charge in [-0.1, -0.05) is 49.0 Å². The second-order valence-electron chi connectivity index (χ2n) is 6.16. The van der Waals surface area contributed by atoms with Crippen molar-refractivity contribution in [3.8, 4) is 0 Å². The van der Waals surface area contributed by atoms with Crippen LogP contribution in [0.4, 0.5) is 0 Å². The molecule has 1 aromatic carbocycles. The molecule has 1 fully saturated rings. The zero-order valence-electron chi connectivity index (χ0n) is 12.8. The van der Waals surface area contributed by atoms with Gasteiger partial charge in [0.15, 0.2) is 5.17 Å². The molecule has 1 aromatic rings. The molecule has 0 aromatic heterocycles. The monoisotopic (exact) mass is 303 g/mol. The van der Waals surface area contributed by atoms with Crippen LogP contribution in [0, 0.1) is 5.92 Å². The molecule has 0 amide bonds. The fraction of sp³-hybridized carbons (Fsp3) is 0.588. The van der Waals surface area contributed by atoms with Crippen molar-refractivity contribution < 1.29 is 0 Å². The third-order valence-electron chi connectivity index (χ3n) is 4.20. The molecule has 1 saturated heterocycles. The summed E-state index contributed by atoms with van der Waals surface area (Å²) in [6.07, 6.45) is 2.75. The van der Waals surface area contributed by atoms with Gasteiger partial charge in [0.2, 0.25) is 0 Å². The maximum absolute atomic E-state index is 4.65. The Balaban J connectivity index is 1.40. The van der Waals surface area contributed by atoms with E-state index in [1.807, 2.05) is 11.8 Å². The summed E-state index contributed by atoms with van der Waals surface area (Å²) in [7, 11) is 0. The molecular weight excluding hydrogens is 278 g/mol. The Morgan fingerprint density at radius 3 is 2.81 bits per heavy atom. The maximum atomic E-state index is 4.65. The molecule has 2 atom stereocenters.